The van der Waals surface area contributed by atoms with Crippen molar-refractivity contribution in [3.8, 4) is 5.75 Å². The smallest absolute Gasteiger partial charge is 0.307 e. The second-order valence-electron chi connectivity index (χ2n) is 8.93. The van der Waals surface area contributed by atoms with Crippen molar-refractivity contribution in [3.63, 3.8) is 0 Å². The van der Waals surface area contributed by atoms with Crippen molar-refractivity contribution in [2.45, 2.75) is 41.7 Å². The van der Waals surface area contributed by atoms with Crippen LogP contribution in [0.1, 0.15) is 18.1 Å². The molecule has 194 valence electrons. The van der Waals surface area contributed by atoms with E-state index in [0.717, 1.165) is 11.1 Å². The molecule has 0 unspecified atom stereocenters. The minimum atomic E-state index is -1.36. The molecule has 0 spiro atoms. The summed E-state index contributed by atoms with van der Waals surface area (Å²) in [5.74, 6) is -1.09. The first kappa shape index (κ1) is 26.9. The predicted molar refractivity (Wildman–Crippen MR) is 146 cm³/mol. The van der Waals surface area contributed by atoms with Gasteiger partial charge >= 0.3 is 5.97 Å². The van der Waals surface area contributed by atoms with Gasteiger partial charge in [0, 0.05) is 20.0 Å². The predicted octanol–water partition coefficient (Wildman–Crippen LogP) is 3.54. The number of carbonyl (C=O) groups excluding carboxylic acids is 3. The number of nitrogens with zero attached hydrogens (tertiary/aromatic N) is 1. The summed E-state index contributed by atoms with van der Waals surface area (Å²) in [5, 5.41) is 2.98. The van der Waals surface area contributed by atoms with Crippen LogP contribution in [0.15, 0.2) is 79.6 Å². The number of hydrogen-bond acceptors (Lipinski definition) is 6. The molecule has 8 nitrogen and oxygen atoms in total. The largest absolute Gasteiger partial charge is 0.497 e. The summed E-state index contributed by atoms with van der Waals surface area (Å²) in [6, 6.07) is 15.8. The molecule has 2 aromatic carbocycles. The molecule has 37 heavy (non-hydrogen) atoms. The van der Waals surface area contributed by atoms with Crippen molar-refractivity contribution in [2.75, 3.05) is 7.11 Å². The van der Waals surface area contributed by atoms with Crippen LogP contribution in [-0.2, 0) is 36.9 Å². The average Bonchev–Trinajstić information content (AvgIpc) is 3.31. The summed E-state index contributed by atoms with van der Waals surface area (Å²) >= 11 is 2.18. The third kappa shape index (κ3) is 5.42. The van der Waals surface area contributed by atoms with E-state index in [2.05, 4.69) is 34.5 Å². The van der Waals surface area contributed by atoms with E-state index in [-0.39, 0.29) is 28.8 Å². The number of hydrogen-bond donors (Lipinski definition) is 1. The van der Waals surface area contributed by atoms with Crippen molar-refractivity contribution in [1.82, 2.24) is 10.2 Å². The van der Waals surface area contributed by atoms with Gasteiger partial charge < -0.3 is 24.4 Å². The molecule has 4 rings (SSSR count). The number of nitrogens with one attached hydrogen (secondary N) is 1. The van der Waals surface area contributed by atoms with Gasteiger partial charge in [-0.25, -0.2) is 0 Å². The quantitative estimate of drug-likeness (QED) is 0.152. The molecule has 2 fully saturated rings. The lowest BCUT2D eigenvalue weighted by Crippen LogP contribution is -2.55. The highest BCUT2D eigenvalue weighted by Gasteiger charge is 2.68. The Balaban J connectivity index is 1.73. The van der Waals surface area contributed by atoms with Crippen LogP contribution in [0, 0.1) is 5.92 Å². The molecule has 0 radical (unpaired) electrons. The zero-order chi connectivity index (χ0) is 26.6. The van der Waals surface area contributed by atoms with Crippen LogP contribution < -0.4 is 10.1 Å². The van der Waals surface area contributed by atoms with Gasteiger partial charge in [-0.05, 0) is 29.3 Å². The third-order valence-corrected chi connectivity index (χ3v) is 8.04. The molecule has 2 saturated heterocycles. The Morgan fingerprint density at radius 2 is 1.86 bits per heavy atom. The molecule has 2 aliphatic rings. The van der Waals surface area contributed by atoms with Crippen molar-refractivity contribution >= 4 is 40.4 Å². The van der Waals surface area contributed by atoms with E-state index < -0.39 is 29.6 Å². The maximum Gasteiger partial charge on any atom is 0.307 e. The highest BCUT2D eigenvalue weighted by Crippen LogP contribution is 2.51. The summed E-state index contributed by atoms with van der Waals surface area (Å²) in [6.45, 7) is 5.61. The first-order chi connectivity index (χ1) is 17.8. The number of methoxy groups -OCH3 is 1. The second-order valence-corrected chi connectivity index (χ2v) is 10.4. The van der Waals surface area contributed by atoms with Gasteiger partial charge in [0.1, 0.15) is 17.4 Å². The van der Waals surface area contributed by atoms with Crippen LogP contribution in [0.5, 0.6) is 5.75 Å². The zero-order valence-corrected chi connectivity index (χ0v) is 22.8. The van der Waals surface area contributed by atoms with Gasteiger partial charge in [-0.15, -0.1) is 6.58 Å². The third-order valence-electron chi connectivity index (χ3n) is 6.61. The van der Waals surface area contributed by atoms with Gasteiger partial charge in [0.25, 0.3) is 0 Å². The van der Waals surface area contributed by atoms with Crippen molar-refractivity contribution in [1.29, 1.82) is 0 Å². The normalized spacial score (nSPS) is 26.7. The number of likely N-dealkylation sites (tertiary alicyclic amines) is 1. The van der Waals surface area contributed by atoms with E-state index in [1.54, 1.807) is 18.1 Å². The summed E-state index contributed by atoms with van der Waals surface area (Å²) in [4.78, 5) is 40.8. The first-order valence-electron chi connectivity index (χ1n) is 11.8. The topological polar surface area (TPSA) is 94.2 Å². The van der Waals surface area contributed by atoms with Gasteiger partial charge in [-0.1, -0.05) is 71.1 Å². The Labute approximate surface area is 229 Å². The highest BCUT2D eigenvalue weighted by atomic mass is 127. The van der Waals surface area contributed by atoms with Crippen molar-refractivity contribution < 1.29 is 28.6 Å². The first-order valence-corrected chi connectivity index (χ1v) is 13.1. The molecule has 2 aliphatic heterocycles. The summed E-state index contributed by atoms with van der Waals surface area (Å²) in [5.41, 5.74) is 0.398. The molecule has 2 aromatic rings. The number of benzene rings is 2. The number of carbonyl (C=O) groups is 3. The molecule has 9 heteroatoms. The van der Waals surface area contributed by atoms with Crippen LogP contribution in [0.25, 0.3) is 0 Å². The number of halogens is 1. The molecule has 0 bridgehead atoms. The van der Waals surface area contributed by atoms with Crippen LogP contribution in [-0.4, -0.2) is 51.5 Å². The van der Waals surface area contributed by atoms with Crippen molar-refractivity contribution in [2.24, 2.45) is 5.92 Å². The van der Waals surface area contributed by atoms with Crippen LogP contribution >= 0.6 is 22.6 Å². The standard InChI is InChI=1S/C28H29IN2O6/c1-4-22-24(29)23-27(34)31(17-20-10-12-21(35-3)13-11-20)25(28(23,37-22)14-15-36-18(2)32)26(33)30-16-19-8-6-5-7-9-19/h4-15,22-25H,1,16-17H2,2-3H3,(H,30,33)/t22-,23+,24-,25-,28+/m0/s1. The maximum atomic E-state index is 13.9. The lowest BCUT2D eigenvalue weighted by atomic mass is 9.84. The van der Waals surface area contributed by atoms with E-state index in [1.165, 1.54) is 19.3 Å². The lowest BCUT2D eigenvalue weighted by molar-refractivity contribution is -0.140. The Hall–Kier alpha value is -3.18. The fourth-order valence-corrected chi connectivity index (χ4v) is 6.21. The van der Waals surface area contributed by atoms with Gasteiger partial charge in [0.2, 0.25) is 11.8 Å². The minimum absolute atomic E-state index is 0.192. The van der Waals surface area contributed by atoms with E-state index >= 15 is 0 Å². The number of alkyl halides is 1. The van der Waals surface area contributed by atoms with Crippen LogP contribution in [0.4, 0.5) is 0 Å². The Bertz CT molecular complexity index is 1180. The average molecular weight is 616 g/mol. The molecular formula is C28H29IN2O6. The number of amides is 2. The summed E-state index contributed by atoms with van der Waals surface area (Å²) < 4.78 is 16.5. The number of ether oxygens (including phenoxy) is 3. The van der Waals surface area contributed by atoms with Crippen LogP contribution in [0.3, 0.4) is 0 Å². The molecule has 1 N–H and O–H groups in total. The van der Waals surface area contributed by atoms with E-state index in [9.17, 15) is 14.4 Å². The monoisotopic (exact) mass is 616 g/mol. The van der Waals surface area contributed by atoms with E-state index in [4.69, 9.17) is 14.2 Å². The van der Waals surface area contributed by atoms with Gasteiger partial charge in [-0.3, -0.25) is 14.4 Å². The SMILES string of the molecule is C=C[C@@H]1O[C@@]2(C=COC(C)=O)[C@H](C(=O)NCc3ccccc3)N(Cc3ccc(OC)cc3)C(=O)[C@H]2[C@H]1I. The molecule has 0 aromatic heterocycles. The molecular weight excluding hydrogens is 587 g/mol. The Morgan fingerprint density at radius 3 is 2.49 bits per heavy atom. The maximum absolute atomic E-state index is 13.9. The molecule has 5 atom stereocenters. The van der Waals surface area contributed by atoms with Gasteiger partial charge in [-0.2, -0.15) is 0 Å². The summed E-state index contributed by atoms with van der Waals surface area (Å²) in [6.07, 6.45) is 3.92. The fourth-order valence-electron chi connectivity index (χ4n) is 4.90. The minimum Gasteiger partial charge on any atom is -0.497 e. The van der Waals surface area contributed by atoms with Gasteiger partial charge in [0.05, 0.1) is 29.3 Å². The van der Waals surface area contributed by atoms with Gasteiger partial charge in [0.15, 0.2) is 0 Å². The van der Waals surface area contributed by atoms with Crippen molar-refractivity contribution in [3.05, 3.63) is 90.7 Å². The number of fused-ring (bicyclic) bond motifs is 1. The van der Waals surface area contributed by atoms with E-state index in [1.807, 2.05) is 54.6 Å². The highest BCUT2D eigenvalue weighted by molar-refractivity contribution is 14.1. The zero-order valence-electron chi connectivity index (χ0n) is 20.6. The summed E-state index contributed by atoms with van der Waals surface area (Å²) in [7, 11) is 1.58. The molecule has 2 heterocycles. The fraction of sp³-hybridized carbons (Fsp3) is 0.321. The molecule has 0 saturated carbocycles. The molecule has 2 amide bonds. The molecule has 0 aliphatic carbocycles. The van der Waals surface area contributed by atoms with E-state index in [0.29, 0.717) is 5.75 Å². The number of rotatable bonds is 9. The second kappa shape index (κ2) is 11.5. The van der Waals surface area contributed by atoms with Crippen LogP contribution in [0.2, 0.25) is 0 Å². The Morgan fingerprint density at radius 1 is 1.16 bits per heavy atom. The lowest BCUT2D eigenvalue weighted by Gasteiger charge is -2.34. The number of esters is 1. The Kier molecular flexibility index (Phi) is 8.33.